The van der Waals surface area contributed by atoms with Gasteiger partial charge in [0.1, 0.15) is 11.8 Å². The van der Waals surface area contributed by atoms with Gasteiger partial charge in [-0.15, -0.1) is 0 Å². The third-order valence-corrected chi connectivity index (χ3v) is 8.01. The molecule has 10 nitrogen and oxygen atoms in total. The largest absolute Gasteiger partial charge is 0.497 e. The lowest BCUT2D eigenvalue weighted by Crippen LogP contribution is -2.53. The van der Waals surface area contributed by atoms with Crippen molar-refractivity contribution in [1.82, 2.24) is 14.9 Å². The van der Waals surface area contributed by atoms with E-state index in [0.717, 1.165) is 0 Å². The van der Waals surface area contributed by atoms with E-state index in [1.54, 1.807) is 24.3 Å². The van der Waals surface area contributed by atoms with Crippen molar-refractivity contribution >= 4 is 21.8 Å². The highest BCUT2D eigenvalue weighted by Gasteiger charge is 2.31. The lowest BCUT2D eigenvalue weighted by atomic mass is 10.0. The zero-order valence-corrected chi connectivity index (χ0v) is 21.8. The van der Waals surface area contributed by atoms with Gasteiger partial charge in [0.25, 0.3) is 0 Å². The van der Waals surface area contributed by atoms with Crippen LogP contribution < -0.4 is 24.8 Å². The van der Waals surface area contributed by atoms with E-state index < -0.39 is 16.1 Å². The maximum absolute atomic E-state index is 13.1. The normalized spacial score (nSPS) is 15.6. The van der Waals surface area contributed by atoms with Gasteiger partial charge in [0.05, 0.1) is 26.2 Å². The molecule has 0 aromatic heterocycles. The molecule has 2 aromatic carbocycles. The minimum absolute atomic E-state index is 0.198. The van der Waals surface area contributed by atoms with Gasteiger partial charge in [-0.2, -0.15) is 4.31 Å². The Balaban J connectivity index is 1.65. The number of nitrogens with zero attached hydrogens (tertiary/aromatic N) is 1. The molecular weight excluding hydrogens is 486 g/mol. The average molecular weight is 520 g/mol. The number of hydrogen-bond acceptors (Lipinski definition) is 7. The predicted molar refractivity (Wildman–Crippen MR) is 134 cm³/mol. The van der Waals surface area contributed by atoms with Crippen LogP contribution in [-0.4, -0.2) is 71.0 Å². The van der Waals surface area contributed by atoms with Crippen LogP contribution in [-0.2, 0) is 26.0 Å². The summed E-state index contributed by atoms with van der Waals surface area (Å²) in [5, 5.41) is 5.68. The Morgan fingerprint density at radius 3 is 2.22 bits per heavy atom. The Labute approximate surface area is 212 Å². The highest BCUT2D eigenvalue weighted by molar-refractivity contribution is 7.89. The van der Waals surface area contributed by atoms with Crippen molar-refractivity contribution in [1.29, 1.82) is 0 Å². The number of rotatable bonds is 10. The molecule has 196 valence electrons. The Kier molecular flexibility index (Phi) is 9.16. The van der Waals surface area contributed by atoms with Gasteiger partial charge in [-0.1, -0.05) is 12.1 Å². The van der Waals surface area contributed by atoms with Crippen molar-refractivity contribution in [2.75, 3.05) is 34.4 Å². The predicted octanol–water partition coefficient (Wildman–Crippen LogP) is 1.73. The number of benzene rings is 2. The second-order valence-corrected chi connectivity index (χ2v) is 10.4. The molecule has 0 unspecified atom stereocenters. The van der Waals surface area contributed by atoms with Crippen molar-refractivity contribution in [2.24, 2.45) is 0 Å². The lowest BCUT2D eigenvalue weighted by Gasteiger charge is -2.32. The maximum Gasteiger partial charge on any atom is 0.243 e. The first-order valence-corrected chi connectivity index (χ1v) is 13.0. The van der Waals surface area contributed by atoms with Crippen LogP contribution in [0.4, 0.5) is 0 Å². The monoisotopic (exact) mass is 519 g/mol. The molecule has 0 bridgehead atoms. The molecule has 36 heavy (non-hydrogen) atoms. The number of amides is 2. The Morgan fingerprint density at radius 1 is 1.00 bits per heavy atom. The van der Waals surface area contributed by atoms with E-state index in [-0.39, 0.29) is 42.3 Å². The summed E-state index contributed by atoms with van der Waals surface area (Å²) in [6.07, 6.45) is 1.11. The summed E-state index contributed by atoms with van der Waals surface area (Å²) < 4.78 is 43.3. The van der Waals surface area contributed by atoms with Crippen LogP contribution in [0.5, 0.6) is 17.2 Å². The zero-order valence-electron chi connectivity index (χ0n) is 20.9. The standard InChI is InChI=1S/C25H33N3O7S/c1-17(29)26-22(16-18-6-5-7-23(34-3)24(18)35-4)25(30)27-19-12-14-28(15-13-19)36(31,32)21-10-8-20(33-2)9-11-21/h5-11,19,22H,12-16H2,1-4H3,(H,26,29)(H,27,30)/t22-/m0/s1. The first-order chi connectivity index (χ1) is 17.2. The third kappa shape index (κ3) is 6.46. The van der Waals surface area contributed by atoms with Crippen molar-refractivity contribution in [3.05, 3.63) is 48.0 Å². The molecule has 2 aromatic rings. The molecule has 1 aliphatic rings. The summed E-state index contributed by atoms with van der Waals surface area (Å²) in [4.78, 5) is 25.1. The minimum atomic E-state index is -3.64. The molecule has 1 atom stereocenters. The van der Waals surface area contributed by atoms with Crippen LogP contribution in [0.25, 0.3) is 0 Å². The van der Waals surface area contributed by atoms with Crippen LogP contribution in [0.15, 0.2) is 47.4 Å². The third-order valence-electron chi connectivity index (χ3n) is 6.10. The summed E-state index contributed by atoms with van der Waals surface area (Å²) in [6.45, 7) is 1.90. The lowest BCUT2D eigenvalue weighted by molar-refractivity contribution is -0.128. The van der Waals surface area contributed by atoms with Gasteiger partial charge in [-0.3, -0.25) is 9.59 Å². The van der Waals surface area contributed by atoms with E-state index in [0.29, 0.717) is 35.7 Å². The number of sulfonamides is 1. The van der Waals surface area contributed by atoms with Crippen molar-refractivity contribution in [3.63, 3.8) is 0 Å². The fourth-order valence-electron chi connectivity index (χ4n) is 4.23. The van der Waals surface area contributed by atoms with E-state index in [1.165, 1.54) is 44.7 Å². The van der Waals surface area contributed by atoms with Crippen LogP contribution in [0, 0.1) is 0 Å². The summed E-state index contributed by atoms with van der Waals surface area (Å²) in [7, 11) is 0.921. The summed E-state index contributed by atoms with van der Waals surface area (Å²) >= 11 is 0. The van der Waals surface area contributed by atoms with Crippen molar-refractivity contribution < 1.29 is 32.2 Å². The molecule has 1 fully saturated rings. The SMILES string of the molecule is COc1ccc(S(=O)(=O)N2CCC(NC(=O)[C@H](Cc3cccc(OC)c3OC)NC(C)=O)CC2)cc1. The Hall–Kier alpha value is -3.31. The smallest absolute Gasteiger partial charge is 0.243 e. The van der Waals surface area contributed by atoms with Gasteiger partial charge in [-0.25, -0.2) is 8.42 Å². The molecule has 0 spiro atoms. The van der Waals surface area contributed by atoms with Gasteiger partial charge >= 0.3 is 0 Å². The molecule has 1 saturated heterocycles. The summed E-state index contributed by atoms with van der Waals surface area (Å²) in [5.74, 6) is 0.933. The Bertz CT molecular complexity index is 1160. The second kappa shape index (κ2) is 12.1. The van der Waals surface area contributed by atoms with E-state index in [2.05, 4.69) is 10.6 Å². The highest BCUT2D eigenvalue weighted by atomic mass is 32.2. The summed E-state index contributed by atoms with van der Waals surface area (Å²) in [6, 6.07) is 10.6. The molecule has 11 heteroatoms. The van der Waals surface area contributed by atoms with Gasteiger partial charge < -0.3 is 24.8 Å². The second-order valence-electron chi connectivity index (χ2n) is 8.47. The molecule has 0 radical (unpaired) electrons. The highest BCUT2D eigenvalue weighted by Crippen LogP contribution is 2.31. The molecule has 1 aliphatic heterocycles. The van der Waals surface area contributed by atoms with Crippen LogP contribution in [0.1, 0.15) is 25.3 Å². The van der Waals surface area contributed by atoms with E-state index >= 15 is 0 Å². The maximum atomic E-state index is 13.1. The van der Waals surface area contributed by atoms with E-state index in [1.807, 2.05) is 6.07 Å². The molecule has 0 aliphatic carbocycles. The van der Waals surface area contributed by atoms with Crippen LogP contribution >= 0.6 is 0 Å². The minimum Gasteiger partial charge on any atom is -0.497 e. The van der Waals surface area contributed by atoms with Crippen LogP contribution in [0.2, 0.25) is 0 Å². The van der Waals surface area contributed by atoms with E-state index in [9.17, 15) is 18.0 Å². The first kappa shape index (κ1) is 27.3. The first-order valence-electron chi connectivity index (χ1n) is 11.6. The van der Waals surface area contributed by atoms with Gasteiger partial charge in [0.2, 0.25) is 21.8 Å². The van der Waals surface area contributed by atoms with Gasteiger partial charge in [0.15, 0.2) is 11.5 Å². The number of hydrogen-bond donors (Lipinski definition) is 2. The zero-order chi connectivity index (χ0) is 26.3. The average Bonchev–Trinajstić information content (AvgIpc) is 2.88. The fraction of sp³-hybridized carbons (Fsp3) is 0.440. The quantitative estimate of drug-likeness (QED) is 0.490. The topological polar surface area (TPSA) is 123 Å². The number of ether oxygens (including phenoxy) is 3. The summed E-state index contributed by atoms with van der Waals surface area (Å²) in [5.41, 5.74) is 0.714. The van der Waals surface area contributed by atoms with Crippen molar-refractivity contribution in [3.8, 4) is 17.2 Å². The molecule has 1 heterocycles. The number of para-hydroxylation sites is 1. The molecule has 2 N–H and O–H groups in total. The Morgan fingerprint density at radius 2 is 1.67 bits per heavy atom. The van der Waals surface area contributed by atoms with Gasteiger partial charge in [0, 0.05) is 38.0 Å². The van der Waals surface area contributed by atoms with Gasteiger partial charge in [-0.05, 0) is 43.2 Å². The molecule has 3 rings (SSSR count). The number of methoxy groups -OCH3 is 3. The number of piperidine rings is 1. The van der Waals surface area contributed by atoms with Crippen LogP contribution in [0.3, 0.4) is 0 Å². The fourth-order valence-corrected chi connectivity index (χ4v) is 5.70. The van der Waals surface area contributed by atoms with E-state index in [4.69, 9.17) is 14.2 Å². The number of nitrogens with one attached hydrogen (secondary N) is 2. The molecular formula is C25H33N3O7S. The number of carbonyl (C=O) groups is 2. The number of carbonyl (C=O) groups excluding carboxylic acids is 2. The molecule has 2 amide bonds. The molecule has 0 saturated carbocycles. The van der Waals surface area contributed by atoms with Crippen molar-refractivity contribution in [2.45, 2.75) is 43.2 Å².